The lowest BCUT2D eigenvalue weighted by molar-refractivity contribution is -0.137. The van der Waals surface area contributed by atoms with Crippen molar-refractivity contribution in [1.29, 1.82) is 0 Å². The van der Waals surface area contributed by atoms with E-state index in [0.29, 0.717) is 12.3 Å². The molecule has 0 aliphatic rings. The number of H-pyrrole nitrogens is 1. The van der Waals surface area contributed by atoms with Gasteiger partial charge >= 0.3 is 18.0 Å². The van der Waals surface area contributed by atoms with Crippen LogP contribution in [0.15, 0.2) is 34.6 Å². The van der Waals surface area contributed by atoms with Crippen LogP contribution in [-0.2, 0) is 22.3 Å². The van der Waals surface area contributed by atoms with Crippen molar-refractivity contribution < 1.29 is 22.8 Å². The molecule has 0 aliphatic heterocycles. The lowest BCUT2D eigenvalue weighted by Crippen LogP contribution is -2.36. The number of alkyl halides is 3. The Labute approximate surface area is 131 Å². The van der Waals surface area contributed by atoms with Crippen molar-refractivity contribution in [2.75, 3.05) is 5.32 Å². The van der Waals surface area contributed by atoms with Crippen LogP contribution in [0.4, 0.5) is 18.9 Å². The molecular weight excluding hydrogens is 335 g/mol. The van der Waals surface area contributed by atoms with E-state index in [-0.39, 0.29) is 6.54 Å². The summed E-state index contributed by atoms with van der Waals surface area (Å²) in [6.45, 7) is 0.100. The van der Waals surface area contributed by atoms with E-state index in [1.54, 1.807) is 17.5 Å². The van der Waals surface area contributed by atoms with Crippen LogP contribution >= 0.6 is 11.3 Å². The molecule has 2 heterocycles. The van der Waals surface area contributed by atoms with Crippen molar-refractivity contribution in [3.63, 3.8) is 0 Å². The number of thiophene rings is 1. The summed E-state index contributed by atoms with van der Waals surface area (Å²) < 4.78 is 37.7. The van der Waals surface area contributed by atoms with Gasteiger partial charge in [-0.25, -0.2) is 0 Å². The predicted molar refractivity (Wildman–Crippen MR) is 76.9 cm³/mol. The molecule has 0 aliphatic carbocycles. The summed E-state index contributed by atoms with van der Waals surface area (Å²) in [6, 6.07) is 3.96. The fourth-order valence-electron chi connectivity index (χ4n) is 1.58. The molecule has 0 unspecified atom stereocenters. The smallest absolute Gasteiger partial charge is 0.343 e. The number of nitrogens with one attached hydrogen (secondary N) is 3. The third-order valence-corrected chi connectivity index (χ3v) is 3.56. The third-order valence-electron chi connectivity index (χ3n) is 2.69. The molecule has 0 atom stereocenters. The molecular formula is C13H10F3N3O3S. The van der Waals surface area contributed by atoms with Gasteiger partial charge in [0, 0.05) is 11.1 Å². The van der Waals surface area contributed by atoms with Crippen LogP contribution in [0.5, 0.6) is 0 Å². The number of carbonyl (C=O) groups excluding carboxylic acids is 2. The van der Waals surface area contributed by atoms with Crippen molar-refractivity contribution in [1.82, 2.24) is 10.3 Å². The van der Waals surface area contributed by atoms with E-state index < -0.39 is 34.8 Å². The van der Waals surface area contributed by atoms with Crippen molar-refractivity contribution in [2.24, 2.45) is 0 Å². The highest BCUT2D eigenvalue weighted by Crippen LogP contribution is 2.29. The molecule has 2 rings (SSSR count). The van der Waals surface area contributed by atoms with Gasteiger partial charge in [0.2, 0.25) is 0 Å². The Kier molecular flexibility index (Phi) is 4.84. The van der Waals surface area contributed by atoms with E-state index in [1.165, 1.54) is 11.3 Å². The summed E-state index contributed by atoms with van der Waals surface area (Å²) in [7, 11) is 0. The minimum atomic E-state index is -4.69. The zero-order valence-electron chi connectivity index (χ0n) is 11.4. The molecule has 23 heavy (non-hydrogen) atoms. The average Bonchev–Trinajstić information content (AvgIpc) is 2.99. The molecule has 3 N–H and O–H groups in total. The highest BCUT2D eigenvalue weighted by atomic mass is 32.1. The van der Waals surface area contributed by atoms with Gasteiger partial charge in [0.15, 0.2) is 0 Å². The number of hydrogen-bond acceptors (Lipinski definition) is 4. The normalized spacial score (nSPS) is 11.1. The Morgan fingerprint density at radius 1 is 1.26 bits per heavy atom. The maximum atomic E-state index is 12.6. The van der Waals surface area contributed by atoms with E-state index in [0.717, 1.165) is 4.88 Å². The Hall–Kier alpha value is -2.62. The van der Waals surface area contributed by atoms with Gasteiger partial charge in [0.05, 0.1) is 12.1 Å². The minimum Gasteiger partial charge on any atom is -0.343 e. The molecule has 2 amide bonds. The van der Waals surface area contributed by atoms with E-state index in [1.807, 2.05) is 10.3 Å². The number of amides is 2. The number of aromatic amines is 1. The average molecular weight is 345 g/mol. The maximum Gasteiger partial charge on any atom is 0.417 e. The van der Waals surface area contributed by atoms with Gasteiger partial charge in [-0.3, -0.25) is 14.4 Å². The van der Waals surface area contributed by atoms with Crippen molar-refractivity contribution in [3.8, 4) is 0 Å². The first-order chi connectivity index (χ1) is 10.8. The van der Waals surface area contributed by atoms with Gasteiger partial charge in [-0.1, -0.05) is 6.07 Å². The molecule has 2 aromatic heterocycles. The summed E-state index contributed by atoms with van der Waals surface area (Å²) >= 11 is 1.36. The zero-order chi connectivity index (χ0) is 17.0. The Bertz CT molecular complexity index is 769. The molecule has 2 aromatic rings. The monoisotopic (exact) mass is 345 g/mol. The summed E-state index contributed by atoms with van der Waals surface area (Å²) in [5, 5.41) is 5.94. The van der Waals surface area contributed by atoms with Crippen LogP contribution in [0.2, 0.25) is 0 Å². The number of rotatable bonds is 3. The predicted octanol–water partition coefficient (Wildman–Crippen LogP) is 1.71. The quantitative estimate of drug-likeness (QED) is 0.740. The molecule has 122 valence electrons. The van der Waals surface area contributed by atoms with E-state index in [4.69, 9.17) is 0 Å². The fourth-order valence-corrected chi connectivity index (χ4v) is 2.22. The Morgan fingerprint density at radius 2 is 2.00 bits per heavy atom. The van der Waals surface area contributed by atoms with Gasteiger partial charge < -0.3 is 15.6 Å². The van der Waals surface area contributed by atoms with Gasteiger partial charge in [-0.15, -0.1) is 11.3 Å². The SMILES string of the molecule is O=C(NCc1cccs1)C(=O)Nc1cc(C(F)(F)F)c[nH]c1=O. The van der Waals surface area contributed by atoms with Crippen LogP contribution in [0.25, 0.3) is 0 Å². The first-order valence-corrected chi connectivity index (χ1v) is 7.07. The molecule has 0 saturated heterocycles. The number of anilines is 1. The first-order valence-electron chi connectivity index (χ1n) is 6.19. The second kappa shape index (κ2) is 6.65. The largest absolute Gasteiger partial charge is 0.417 e. The number of carbonyl (C=O) groups is 2. The first kappa shape index (κ1) is 16.7. The molecule has 0 spiro atoms. The van der Waals surface area contributed by atoms with E-state index in [9.17, 15) is 27.6 Å². The van der Waals surface area contributed by atoms with Crippen LogP contribution in [0.1, 0.15) is 10.4 Å². The summed E-state index contributed by atoms with van der Waals surface area (Å²) in [5.41, 5.74) is -2.75. The second-order valence-electron chi connectivity index (χ2n) is 4.35. The van der Waals surface area contributed by atoms with Crippen molar-refractivity contribution in [2.45, 2.75) is 12.7 Å². The van der Waals surface area contributed by atoms with E-state index >= 15 is 0 Å². The number of pyridine rings is 1. The van der Waals surface area contributed by atoms with Crippen molar-refractivity contribution >= 4 is 28.8 Å². The molecule has 6 nitrogen and oxygen atoms in total. The summed E-state index contributed by atoms with van der Waals surface area (Å²) in [6.07, 6.45) is -4.21. The number of halogens is 3. The Balaban J connectivity index is 2.04. The lowest BCUT2D eigenvalue weighted by atomic mass is 10.2. The standard InChI is InChI=1S/C13H10F3N3O3S/c14-13(15,16)7-4-9(10(20)17-5-7)19-12(22)11(21)18-6-8-2-1-3-23-8/h1-5H,6H2,(H,17,20)(H,18,21)(H,19,22). The highest BCUT2D eigenvalue weighted by Gasteiger charge is 2.31. The molecule has 0 fully saturated rings. The Morgan fingerprint density at radius 3 is 2.61 bits per heavy atom. The van der Waals surface area contributed by atoms with Crippen LogP contribution in [-0.4, -0.2) is 16.8 Å². The minimum absolute atomic E-state index is 0.100. The lowest BCUT2D eigenvalue weighted by Gasteiger charge is -2.09. The molecule has 10 heteroatoms. The van der Waals surface area contributed by atoms with Crippen molar-refractivity contribution in [3.05, 3.63) is 50.6 Å². The van der Waals surface area contributed by atoms with Crippen LogP contribution < -0.4 is 16.2 Å². The van der Waals surface area contributed by atoms with Gasteiger partial charge in [-0.2, -0.15) is 13.2 Å². The molecule has 0 saturated carbocycles. The third kappa shape index (κ3) is 4.42. The highest BCUT2D eigenvalue weighted by molar-refractivity contribution is 7.09. The maximum absolute atomic E-state index is 12.6. The van der Waals surface area contributed by atoms with Gasteiger partial charge in [0.25, 0.3) is 5.56 Å². The second-order valence-corrected chi connectivity index (χ2v) is 5.38. The molecule has 0 aromatic carbocycles. The topological polar surface area (TPSA) is 91.1 Å². The number of aromatic nitrogens is 1. The van der Waals surface area contributed by atoms with Crippen LogP contribution in [0.3, 0.4) is 0 Å². The van der Waals surface area contributed by atoms with Crippen LogP contribution in [0, 0.1) is 0 Å². The van der Waals surface area contributed by atoms with Gasteiger partial charge in [-0.05, 0) is 17.5 Å². The van der Waals surface area contributed by atoms with Gasteiger partial charge in [0.1, 0.15) is 5.69 Å². The molecule has 0 bridgehead atoms. The fraction of sp³-hybridized carbons (Fsp3) is 0.154. The number of hydrogen-bond donors (Lipinski definition) is 3. The summed E-state index contributed by atoms with van der Waals surface area (Å²) in [4.78, 5) is 37.3. The molecule has 0 radical (unpaired) electrons. The zero-order valence-corrected chi connectivity index (χ0v) is 12.2. The summed E-state index contributed by atoms with van der Waals surface area (Å²) in [5.74, 6) is -2.29. The van der Waals surface area contributed by atoms with E-state index in [2.05, 4.69) is 5.32 Å².